The van der Waals surface area contributed by atoms with Crippen LogP contribution in [0.5, 0.6) is 0 Å². The van der Waals surface area contributed by atoms with Crippen LogP contribution >= 0.6 is 0 Å². The van der Waals surface area contributed by atoms with Gasteiger partial charge in [-0.15, -0.1) is 0 Å². The van der Waals surface area contributed by atoms with Gasteiger partial charge in [0.1, 0.15) is 6.54 Å². The van der Waals surface area contributed by atoms with Crippen LogP contribution in [0.2, 0.25) is 0 Å². The number of carbonyl (C=O) groups is 2. The summed E-state index contributed by atoms with van der Waals surface area (Å²) in [5.74, 6) is -1.03. The molecule has 0 spiro atoms. The second-order valence-electron chi connectivity index (χ2n) is 6.27. The summed E-state index contributed by atoms with van der Waals surface area (Å²) >= 11 is 0. The van der Waals surface area contributed by atoms with E-state index in [9.17, 15) is 9.59 Å². The molecule has 0 aromatic carbocycles. The van der Waals surface area contributed by atoms with E-state index >= 15 is 0 Å². The first-order chi connectivity index (χ1) is 11.1. The first-order valence-corrected chi connectivity index (χ1v) is 9.18. The smallest absolute Gasteiger partial charge is 0.323 e. The highest BCUT2D eigenvalue weighted by Crippen LogP contribution is 2.09. The summed E-state index contributed by atoms with van der Waals surface area (Å²) in [6.45, 7) is 2.03. The van der Waals surface area contributed by atoms with E-state index < -0.39 is 5.97 Å². The van der Waals surface area contributed by atoms with Crippen molar-refractivity contribution in [3.05, 3.63) is 12.2 Å². The molecular weight excluding hydrogens is 290 g/mol. The molecule has 0 aliphatic heterocycles. The molecule has 0 radical (unpaired) electrons. The first kappa shape index (κ1) is 21.7. The van der Waals surface area contributed by atoms with E-state index in [1.165, 1.54) is 49.8 Å². The molecule has 23 heavy (non-hydrogen) atoms. The maximum Gasteiger partial charge on any atom is 0.323 e. The third-order valence-corrected chi connectivity index (χ3v) is 3.95. The number of carboxylic acids is 1. The number of carbonyl (C=O) groups excluding carboxylic acids is 1. The van der Waals surface area contributed by atoms with Gasteiger partial charge in [0.25, 0.3) is 0 Å². The van der Waals surface area contributed by atoms with Crippen molar-refractivity contribution in [1.82, 2.24) is 4.90 Å². The van der Waals surface area contributed by atoms with Gasteiger partial charge in [-0.1, -0.05) is 57.6 Å². The molecule has 0 aliphatic rings. The van der Waals surface area contributed by atoms with Crippen molar-refractivity contribution in [2.45, 2.75) is 84.0 Å². The van der Waals surface area contributed by atoms with Crippen LogP contribution < -0.4 is 0 Å². The predicted molar refractivity (Wildman–Crippen MR) is 95.5 cm³/mol. The molecule has 0 unspecified atom stereocenters. The van der Waals surface area contributed by atoms with Gasteiger partial charge in [0.2, 0.25) is 5.91 Å². The number of unbranched alkanes of at least 4 members (excludes halogenated alkanes) is 9. The maximum atomic E-state index is 11.6. The predicted octanol–water partition coefficient (Wildman–Crippen LogP) is 4.79. The normalized spacial score (nSPS) is 11.0. The van der Waals surface area contributed by atoms with E-state index in [-0.39, 0.29) is 12.5 Å². The summed E-state index contributed by atoms with van der Waals surface area (Å²) in [5.41, 5.74) is 0. The van der Waals surface area contributed by atoms with Gasteiger partial charge >= 0.3 is 5.97 Å². The van der Waals surface area contributed by atoms with Gasteiger partial charge in [0.05, 0.1) is 0 Å². The zero-order valence-corrected chi connectivity index (χ0v) is 15.1. The van der Waals surface area contributed by atoms with Crippen molar-refractivity contribution in [1.29, 1.82) is 0 Å². The minimum Gasteiger partial charge on any atom is -0.480 e. The Labute approximate surface area is 141 Å². The summed E-state index contributed by atoms with van der Waals surface area (Å²) < 4.78 is 0. The molecule has 134 valence electrons. The zero-order valence-electron chi connectivity index (χ0n) is 15.1. The molecule has 0 fully saturated rings. The molecular formula is C19H35NO3. The van der Waals surface area contributed by atoms with E-state index in [0.717, 1.165) is 25.7 Å². The summed E-state index contributed by atoms with van der Waals surface area (Å²) in [7, 11) is 1.55. The van der Waals surface area contributed by atoms with Crippen LogP contribution in [-0.2, 0) is 9.59 Å². The van der Waals surface area contributed by atoms with Crippen molar-refractivity contribution in [3.63, 3.8) is 0 Å². The molecule has 1 amide bonds. The molecule has 1 N–H and O–H groups in total. The van der Waals surface area contributed by atoms with Crippen molar-refractivity contribution >= 4 is 11.9 Å². The molecule has 0 saturated carbocycles. The number of aliphatic carboxylic acids is 1. The van der Waals surface area contributed by atoms with Crippen LogP contribution in [-0.4, -0.2) is 35.5 Å². The third-order valence-electron chi connectivity index (χ3n) is 3.95. The quantitative estimate of drug-likeness (QED) is 0.348. The van der Waals surface area contributed by atoms with Crippen LogP contribution in [0.3, 0.4) is 0 Å². The minimum atomic E-state index is -0.959. The number of allylic oxidation sites excluding steroid dienone is 2. The van der Waals surface area contributed by atoms with Crippen LogP contribution in [0, 0.1) is 0 Å². The zero-order chi connectivity index (χ0) is 17.3. The van der Waals surface area contributed by atoms with E-state index in [0.29, 0.717) is 6.42 Å². The lowest BCUT2D eigenvalue weighted by atomic mass is 10.1. The maximum absolute atomic E-state index is 11.6. The lowest BCUT2D eigenvalue weighted by Crippen LogP contribution is -2.31. The molecule has 0 heterocycles. The Kier molecular flexibility index (Phi) is 14.7. The molecule has 0 rings (SSSR count). The summed E-state index contributed by atoms with van der Waals surface area (Å²) in [6, 6.07) is 0. The summed E-state index contributed by atoms with van der Waals surface area (Å²) in [4.78, 5) is 23.4. The van der Waals surface area contributed by atoms with Crippen molar-refractivity contribution in [3.8, 4) is 0 Å². The second-order valence-corrected chi connectivity index (χ2v) is 6.27. The van der Waals surface area contributed by atoms with Crippen LogP contribution in [0.15, 0.2) is 12.2 Å². The van der Waals surface area contributed by atoms with Crippen molar-refractivity contribution in [2.75, 3.05) is 13.6 Å². The highest BCUT2D eigenvalue weighted by atomic mass is 16.4. The number of likely N-dealkylation sites (N-methyl/N-ethyl adjacent to an activating group) is 1. The number of amides is 1. The Bertz CT molecular complexity index is 340. The van der Waals surface area contributed by atoms with E-state index in [1.54, 1.807) is 7.05 Å². The van der Waals surface area contributed by atoms with Gasteiger partial charge in [0, 0.05) is 13.5 Å². The fraction of sp³-hybridized carbons (Fsp3) is 0.789. The Balaban J connectivity index is 3.34. The lowest BCUT2D eigenvalue weighted by molar-refractivity contribution is -0.143. The Hall–Kier alpha value is -1.32. The topological polar surface area (TPSA) is 57.6 Å². The Morgan fingerprint density at radius 2 is 1.39 bits per heavy atom. The van der Waals surface area contributed by atoms with Gasteiger partial charge in [-0.25, -0.2) is 0 Å². The second kappa shape index (κ2) is 15.6. The molecule has 0 atom stereocenters. The largest absolute Gasteiger partial charge is 0.480 e. The van der Waals surface area contributed by atoms with Gasteiger partial charge < -0.3 is 10.0 Å². The molecule has 0 aliphatic carbocycles. The average molecular weight is 325 g/mol. The van der Waals surface area contributed by atoms with E-state index in [4.69, 9.17) is 5.11 Å². The first-order valence-electron chi connectivity index (χ1n) is 9.18. The van der Waals surface area contributed by atoms with Crippen molar-refractivity contribution in [2.24, 2.45) is 0 Å². The highest BCUT2D eigenvalue weighted by Gasteiger charge is 2.10. The fourth-order valence-corrected chi connectivity index (χ4v) is 2.48. The number of nitrogens with zero attached hydrogens (tertiary/aromatic N) is 1. The Morgan fingerprint density at radius 1 is 0.870 bits per heavy atom. The summed E-state index contributed by atoms with van der Waals surface area (Å²) in [5, 5.41) is 8.62. The SMILES string of the molecule is CCCCCC/C=C\CCCCCCCC(=O)N(C)CC(=O)O. The highest BCUT2D eigenvalue weighted by molar-refractivity contribution is 5.80. The van der Waals surface area contributed by atoms with Crippen LogP contribution in [0.25, 0.3) is 0 Å². The number of hydrogen-bond acceptors (Lipinski definition) is 2. The fourth-order valence-electron chi connectivity index (χ4n) is 2.48. The number of carboxylic acid groups (broad SMARTS) is 1. The van der Waals surface area contributed by atoms with Crippen molar-refractivity contribution < 1.29 is 14.7 Å². The number of hydrogen-bond donors (Lipinski definition) is 1. The molecule has 0 bridgehead atoms. The molecule has 0 aromatic rings. The molecule has 4 nitrogen and oxygen atoms in total. The van der Waals surface area contributed by atoms with Gasteiger partial charge in [0.15, 0.2) is 0 Å². The molecule has 4 heteroatoms. The lowest BCUT2D eigenvalue weighted by Gasteiger charge is -2.14. The van der Waals surface area contributed by atoms with Gasteiger partial charge in [-0.2, -0.15) is 0 Å². The van der Waals surface area contributed by atoms with Gasteiger partial charge in [-0.05, 0) is 32.1 Å². The number of rotatable bonds is 15. The van der Waals surface area contributed by atoms with Gasteiger partial charge in [-0.3, -0.25) is 9.59 Å². The molecule has 0 aromatic heterocycles. The third kappa shape index (κ3) is 15.4. The summed E-state index contributed by atoms with van der Waals surface area (Å²) in [6.07, 6.45) is 18.2. The van der Waals surface area contributed by atoms with Crippen LogP contribution in [0.4, 0.5) is 0 Å². The minimum absolute atomic E-state index is 0.0709. The van der Waals surface area contributed by atoms with E-state index in [1.807, 2.05) is 0 Å². The Morgan fingerprint density at radius 3 is 1.96 bits per heavy atom. The molecule has 0 saturated heterocycles. The van der Waals surface area contributed by atoms with E-state index in [2.05, 4.69) is 19.1 Å². The van der Waals surface area contributed by atoms with Crippen LogP contribution in [0.1, 0.15) is 84.0 Å². The average Bonchev–Trinajstić information content (AvgIpc) is 2.51. The standard InChI is InChI=1S/C19H35NO3/c1-3-4-5-6-7-8-9-10-11-12-13-14-15-16-18(21)20(2)17-19(22)23/h8-9H,3-7,10-17H2,1-2H3,(H,22,23)/b9-8-. The monoisotopic (exact) mass is 325 g/mol.